The minimum atomic E-state index is 0.699. The molecule has 0 aromatic heterocycles. The summed E-state index contributed by atoms with van der Waals surface area (Å²) in [5.41, 5.74) is 0.885. The van der Waals surface area contributed by atoms with Gasteiger partial charge in [0.1, 0.15) is 0 Å². The van der Waals surface area contributed by atoms with Crippen molar-refractivity contribution in [3.8, 4) is 11.5 Å². The first-order valence-electron chi connectivity index (χ1n) is 5.05. The first kappa shape index (κ1) is 33.5. The zero-order valence-corrected chi connectivity index (χ0v) is 14.2. The Balaban J connectivity index is -0.000000103. The Labute approximate surface area is 148 Å². The van der Waals surface area contributed by atoms with Crippen LogP contribution in [0.15, 0.2) is 18.2 Å². The Morgan fingerprint density at radius 3 is 1.50 bits per heavy atom. The first-order chi connectivity index (χ1) is 11.7. The van der Waals surface area contributed by atoms with E-state index in [2.05, 4.69) is 49.1 Å². The predicted octanol–water partition coefficient (Wildman–Crippen LogP) is 1.19. The Morgan fingerprint density at radius 1 is 0.792 bits per heavy atom. The van der Waals surface area contributed by atoms with Crippen LogP contribution in [0.4, 0.5) is 0 Å². The zero-order valence-electron chi connectivity index (χ0n) is 12.9. The molecule has 8 nitrogen and oxygen atoms in total. The summed E-state index contributed by atoms with van der Waals surface area (Å²) in [6.45, 7) is 22.5. The third kappa shape index (κ3) is 16.3. The van der Waals surface area contributed by atoms with Crippen molar-refractivity contribution in [1.29, 1.82) is 0 Å². The Morgan fingerprint density at radius 2 is 1.21 bits per heavy atom. The fourth-order valence-corrected chi connectivity index (χ4v) is 1.34. The van der Waals surface area contributed by atoms with Crippen LogP contribution >= 0.6 is 0 Å². The molecule has 1 aromatic rings. The summed E-state index contributed by atoms with van der Waals surface area (Å²) >= 11 is 2.83. The number of methoxy groups -OCH3 is 3. The third-order valence-electron chi connectivity index (χ3n) is 1.81. The average Bonchev–Trinajstić information content (AvgIpc) is 2.74. The summed E-state index contributed by atoms with van der Waals surface area (Å²) in [4.78, 5) is 0. The van der Waals surface area contributed by atoms with Crippen LogP contribution in [0.25, 0.3) is 0 Å². The van der Waals surface area contributed by atoms with E-state index in [9.17, 15) is 0 Å². The van der Waals surface area contributed by atoms with Gasteiger partial charge in [-0.15, -0.1) is 0 Å². The van der Waals surface area contributed by atoms with Crippen molar-refractivity contribution in [3.63, 3.8) is 0 Å². The normalized spacial score (nSPS) is 6.04. The molecule has 0 radical (unpaired) electrons. The monoisotopic (exact) mass is 372 g/mol. The summed E-state index contributed by atoms with van der Waals surface area (Å²) in [7, 11) is 4.84. The van der Waals surface area contributed by atoms with Gasteiger partial charge in [-0.1, -0.05) is 0 Å². The summed E-state index contributed by atoms with van der Waals surface area (Å²) < 4.78 is 53.6. The van der Waals surface area contributed by atoms with E-state index in [1.165, 1.54) is 0 Å². The van der Waals surface area contributed by atoms with E-state index in [4.69, 9.17) is 37.5 Å². The molecule has 0 aliphatic heterocycles. The molecule has 0 bridgehead atoms. The van der Waals surface area contributed by atoms with Crippen LogP contribution in [0.2, 0.25) is 0 Å². The molecule has 1 aromatic carbocycles. The van der Waals surface area contributed by atoms with Crippen molar-refractivity contribution in [2.45, 2.75) is 0 Å². The van der Waals surface area contributed by atoms with Gasteiger partial charge in [0.2, 0.25) is 0 Å². The van der Waals surface area contributed by atoms with Crippen LogP contribution in [-0.2, 0) is 43.8 Å². The molecule has 126 valence electrons. The molecule has 0 atom stereocenters. The van der Waals surface area contributed by atoms with Crippen molar-refractivity contribution >= 4 is 4.57 Å². The van der Waals surface area contributed by atoms with E-state index in [1.54, 1.807) is 21.3 Å². The van der Waals surface area contributed by atoms with Gasteiger partial charge < -0.3 is 0 Å². The van der Waals surface area contributed by atoms with Gasteiger partial charge in [0, 0.05) is 0 Å². The average molecular weight is 372 g/mol. The fraction of sp³-hybridized carbons (Fsp3) is 0.200. The van der Waals surface area contributed by atoms with E-state index >= 15 is 0 Å². The van der Waals surface area contributed by atoms with Crippen LogP contribution < -0.4 is 9.47 Å². The molecule has 0 fully saturated rings. The molecule has 24 heavy (non-hydrogen) atoms. The van der Waals surface area contributed by atoms with Crippen molar-refractivity contribution in [2.75, 3.05) is 21.3 Å². The van der Waals surface area contributed by atoms with Gasteiger partial charge in [-0.05, 0) is 0 Å². The molecule has 9 heteroatoms. The number of ether oxygens (including phenoxy) is 3. The Kier molecular flexibility index (Phi) is 45.7. The van der Waals surface area contributed by atoms with E-state index in [-0.39, 0.29) is 0 Å². The zero-order chi connectivity index (χ0) is 20.6. The van der Waals surface area contributed by atoms with Crippen LogP contribution in [-0.4, -0.2) is 25.9 Å². The van der Waals surface area contributed by atoms with Gasteiger partial charge in [-0.3, -0.25) is 0 Å². The summed E-state index contributed by atoms with van der Waals surface area (Å²) in [5.74, 6) is 1.48. The third-order valence-corrected chi connectivity index (χ3v) is 2.42. The molecule has 0 saturated heterocycles. The van der Waals surface area contributed by atoms with Crippen LogP contribution in [0, 0.1) is 33.3 Å². The molecule has 0 N–H and O–H groups in total. The van der Waals surface area contributed by atoms with E-state index in [0.29, 0.717) is 4.57 Å². The summed E-state index contributed by atoms with van der Waals surface area (Å²) in [6.07, 6.45) is 0. The van der Waals surface area contributed by atoms with E-state index in [1.807, 2.05) is 18.2 Å². The molecule has 0 amide bonds. The molecule has 0 heterocycles. The summed E-state index contributed by atoms with van der Waals surface area (Å²) in [6, 6.07) is 5.55. The van der Waals surface area contributed by atoms with Gasteiger partial charge >= 0.3 is 148 Å². The van der Waals surface area contributed by atoms with Crippen molar-refractivity contribution in [2.24, 2.45) is 0 Å². The number of hydrogen-bond acceptors (Lipinski definition) is 3. The van der Waals surface area contributed by atoms with E-state index < -0.39 is 0 Å². The van der Waals surface area contributed by atoms with Crippen molar-refractivity contribution < 1.29 is 53.3 Å². The predicted molar refractivity (Wildman–Crippen MR) is 70.3 cm³/mol. The van der Waals surface area contributed by atoms with Crippen LogP contribution in [0.3, 0.4) is 0 Å². The quantitative estimate of drug-likeness (QED) is 0.582. The van der Waals surface area contributed by atoms with Gasteiger partial charge in [0.15, 0.2) is 0 Å². The molecule has 1 rings (SSSR count). The summed E-state index contributed by atoms with van der Waals surface area (Å²) in [5, 5.41) is 0. The van der Waals surface area contributed by atoms with Gasteiger partial charge in [-0.2, -0.15) is 0 Å². The number of rotatable bonds is 4. The van der Waals surface area contributed by atoms with Gasteiger partial charge in [0.05, 0.1) is 0 Å². The second-order valence-corrected chi connectivity index (χ2v) is 3.14. The second kappa shape index (κ2) is 32.7. The Bertz CT molecular complexity index is 494. The fourth-order valence-electron chi connectivity index (χ4n) is 1.08. The molecule has 0 aliphatic rings. The SMILES string of the molecule is CO[C](=[Cr])c1ccc(OC)cc1OC.[C-]#[O+].[C-]#[O+].[C-]#[O+].[C-]#[O+].[C-]#[O+]. The van der Waals surface area contributed by atoms with Crippen molar-refractivity contribution in [3.05, 3.63) is 57.0 Å². The molecular formula is C15H12CrO8. The van der Waals surface area contributed by atoms with Gasteiger partial charge in [0.25, 0.3) is 0 Å². The first-order valence-corrected chi connectivity index (χ1v) is 5.69. The maximum absolute atomic E-state index is 7.50. The standard InChI is InChI=1S/C10H12O3.5CO.Cr/c1-11-7-8-4-5-9(12-2)6-10(8)13-3;5*1-2;/h4-6H,1-3H3;;;;;;. The van der Waals surface area contributed by atoms with Crippen LogP contribution in [0.5, 0.6) is 11.5 Å². The molecule has 0 spiro atoms. The topological polar surface area (TPSA) is 127 Å². The second-order valence-electron chi connectivity index (χ2n) is 2.56. The minimum absolute atomic E-state index is 0.699. The van der Waals surface area contributed by atoms with E-state index in [0.717, 1.165) is 17.1 Å². The maximum atomic E-state index is 7.50. The Hall–Kier alpha value is -2.12. The van der Waals surface area contributed by atoms with Gasteiger partial charge in [-0.25, -0.2) is 0 Å². The molecule has 0 unspecified atom stereocenters. The van der Waals surface area contributed by atoms with Crippen LogP contribution in [0.1, 0.15) is 5.56 Å². The van der Waals surface area contributed by atoms with Crippen molar-refractivity contribution in [1.82, 2.24) is 0 Å². The number of hydrogen-bond donors (Lipinski definition) is 0. The molecule has 0 aliphatic carbocycles. The number of benzene rings is 1. The molecule has 0 saturated carbocycles. The molecular weight excluding hydrogens is 360 g/mol.